The van der Waals surface area contributed by atoms with E-state index >= 15 is 0 Å². The Morgan fingerprint density at radius 2 is 1.63 bits per heavy atom. The van der Waals surface area contributed by atoms with Gasteiger partial charge in [0.1, 0.15) is 0 Å². The summed E-state index contributed by atoms with van der Waals surface area (Å²) in [6.07, 6.45) is 0. The Kier molecular flexibility index (Phi) is 3.77. The number of nitrogen functional groups attached to an aromatic ring is 3. The Bertz CT molecular complexity index is 563. The molecule has 0 amide bonds. The lowest BCUT2D eigenvalue weighted by molar-refractivity contribution is 0.311. The van der Waals surface area contributed by atoms with E-state index in [0.29, 0.717) is 23.6 Å². The molecule has 0 fully saturated rings. The number of nitrogens with two attached hydrogens (primary N) is 3. The molecular formula is C14H18N4O. The second kappa shape index (κ2) is 5.49. The molecule has 0 aromatic heterocycles. The molecule has 0 spiro atoms. The average Bonchev–Trinajstić information content (AvgIpc) is 2.36. The third kappa shape index (κ3) is 3.08. The van der Waals surface area contributed by atoms with Gasteiger partial charge in [0.25, 0.3) is 0 Å². The van der Waals surface area contributed by atoms with Crippen molar-refractivity contribution in [1.29, 1.82) is 0 Å². The number of rotatable bonds is 4. The molecule has 2 rings (SSSR count). The van der Waals surface area contributed by atoms with E-state index in [4.69, 9.17) is 22.3 Å². The van der Waals surface area contributed by atoms with E-state index in [1.807, 2.05) is 30.3 Å². The lowest BCUT2D eigenvalue weighted by atomic mass is 10.0. The molecule has 0 aliphatic rings. The number of hydrogen-bond donors (Lipinski definition) is 5. The second-order valence-electron chi connectivity index (χ2n) is 4.34. The van der Waals surface area contributed by atoms with Gasteiger partial charge in [0.2, 0.25) is 0 Å². The number of hydrogen-bond acceptors (Lipinski definition) is 5. The summed E-state index contributed by atoms with van der Waals surface area (Å²) in [6.45, 7) is 0.563. The van der Waals surface area contributed by atoms with E-state index in [0.717, 1.165) is 16.8 Å². The van der Waals surface area contributed by atoms with Gasteiger partial charge in [0.05, 0.1) is 6.61 Å². The molecular weight excluding hydrogens is 240 g/mol. The Labute approximate surface area is 112 Å². The topological polar surface area (TPSA) is 110 Å². The molecule has 19 heavy (non-hydrogen) atoms. The van der Waals surface area contributed by atoms with Crippen molar-refractivity contribution in [3.63, 3.8) is 0 Å². The SMILES string of the molecule is Nc1cc(N)cc(-c2cc(NCCO)ccc2N)c1. The average molecular weight is 258 g/mol. The van der Waals surface area contributed by atoms with Gasteiger partial charge in [0.15, 0.2) is 0 Å². The molecule has 0 heterocycles. The lowest BCUT2D eigenvalue weighted by Crippen LogP contribution is -2.05. The molecule has 0 radical (unpaired) electrons. The monoisotopic (exact) mass is 258 g/mol. The van der Waals surface area contributed by atoms with Crippen molar-refractivity contribution in [1.82, 2.24) is 0 Å². The standard InChI is InChI=1S/C14H18N4O/c15-10-5-9(6-11(16)7-10)13-8-12(18-3-4-19)1-2-14(13)17/h1-2,5-8,18-19H,3-4,15-17H2. The first-order valence-corrected chi connectivity index (χ1v) is 6.01. The molecule has 0 bridgehead atoms. The van der Waals surface area contributed by atoms with Gasteiger partial charge in [-0.25, -0.2) is 0 Å². The molecule has 0 saturated carbocycles. The fourth-order valence-electron chi connectivity index (χ4n) is 1.95. The molecule has 2 aromatic rings. The van der Waals surface area contributed by atoms with Crippen molar-refractivity contribution in [2.45, 2.75) is 0 Å². The number of benzene rings is 2. The highest BCUT2D eigenvalue weighted by atomic mass is 16.3. The van der Waals surface area contributed by atoms with Crippen molar-refractivity contribution in [2.75, 3.05) is 35.7 Å². The van der Waals surface area contributed by atoms with Crippen molar-refractivity contribution in [2.24, 2.45) is 0 Å². The van der Waals surface area contributed by atoms with Crippen molar-refractivity contribution >= 4 is 22.7 Å². The first kappa shape index (κ1) is 13.0. The van der Waals surface area contributed by atoms with Crippen LogP contribution in [-0.2, 0) is 0 Å². The van der Waals surface area contributed by atoms with Gasteiger partial charge in [-0.1, -0.05) is 0 Å². The predicted molar refractivity (Wildman–Crippen MR) is 80.7 cm³/mol. The van der Waals surface area contributed by atoms with Crippen LogP contribution in [0, 0.1) is 0 Å². The predicted octanol–water partition coefficient (Wildman–Crippen LogP) is 1.50. The molecule has 0 aliphatic carbocycles. The Morgan fingerprint density at radius 3 is 2.26 bits per heavy atom. The first-order chi connectivity index (χ1) is 9.10. The molecule has 100 valence electrons. The quantitative estimate of drug-likeness (QED) is 0.534. The molecule has 5 nitrogen and oxygen atoms in total. The molecule has 5 heteroatoms. The third-order valence-electron chi connectivity index (χ3n) is 2.78. The van der Waals surface area contributed by atoms with Crippen LogP contribution in [0.15, 0.2) is 36.4 Å². The summed E-state index contributed by atoms with van der Waals surface area (Å²) in [5.41, 5.74) is 22.1. The smallest absolute Gasteiger partial charge is 0.0604 e. The van der Waals surface area contributed by atoms with Gasteiger partial charge in [-0.05, 0) is 42.0 Å². The summed E-state index contributed by atoms with van der Waals surface area (Å²) < 4.78 is 0. The maximum absolute atomic E-state index is 8.82. The maximum atomic E-state index is 8.82. The summed E-state index contributed by atoms with van der Waals surface area (Å²) >= 11 is 0. The number of aliphatic hydroxyl groups excluding tert-OH is 1. The minimum Gasteiger partial charge on any atom is -0.399 e. The van der Waals surface area contributed by atoms with Crippen LogP contribution in [0.1, 0.15) is 0 Å². The first-order valence-electron chi connectivity index (χ1n) is 6.01. The lowest BCUT2D eigenvalue weighted by Gasteiger charge is -2.11. The van der Waals surface area contributed by atoms with Gasteiger partial charge in [-0.15, -0.1) is 0 Å². The summed E-state index contributed by atoms with van der Waals surface area (Å²) in [7, 11) is 0. The number of aliphatic hydroxyl groups is 1. The largest absolute Gasteiger partial charge is 0.399 e. The number of anilines is 4. The van der Waals surface area contributed by atoms with Gasteiger partial charge < -0.3 is 27.6 Å². The third-order valence-corrected chi connectivity index (χ3v) is 2.78. The summed E-state index contributed by atoms with van der Waals surface area (Å²) in [4.78, 5) is 0. The van der Waals surface area contributed by atoms with E-state index in [1.165, 1.54) is 0 Å². The summed E-state index contributed by atoms with van der Waals surface area (Å²) in [5.74, 6) is 0. The molecule has 8 N–H and O–H groups in total. The Morgan fingerprint density at radius 1 is 0.947 bits per heavy atom. The molecule has 0 unspecified atom stereocenters. The van der Waals surface area contributed by atoms with Crippen LogP contribution in [0.2, 0.25) is 0 Å². The van der Waals surface area contributed by atoms with E-state index < -0.39 is 0 Å². The van der Waals surface area contributed by atoms with E-state index in [9.17, 15) is 0 Å². The zero-order valence-electron chi connectivity index (χ0n) is 10.6. The van der Waals surface area contributed by atoms with Crippen LogP contribution in [0.3, 0.4) is 0 Å². The van der Waals surface area contributed by atoms with Crippen LogP contribution in [0.5, 0.6) is 0 Å². The van der Waals surface area contributed by atoms with Crippen LogP contribution in [-0.4, -0.2) is 18.3 Å². The second-order valence-corrected chi connectivity index (χ2v) is 4.34. The van der Waals surface area contributed by atoms with Crippen molar-refractivity contribution in [3.05, 3.63) is 36.4 Å². The highest BCUT2D eigenvalue weighted by Crippen LogP contribution is 2.31. The summed E-state index contributed by atoms with van der Waals surface area (Å²) in [5, 5.41) is 11.9. The van der Waals surface area contributed by atoms with Crippen LogP contribution >= 0.6 is 0 Å². The molecule has 0 aliphatic heterocycles. The highest BCUT2D eigenvalue weighted by molar-refractivity contribution is 5.83. The minimum atomic E-state index is 0.0743. The molecule has 0 atom stereocenters. The maximum Gasteiger partial charge on any atom is 0.0604 e. The Hall–Kier alpha value is -2.40. The van der Waals surface area contributed by atoms with Crippen LogP contribution in [0.4, 0.5) is 22.7 Å². The van der Waals surface area contributed by atoms with E-state index in [2.05, 4.69) is 5.32 Å². The fraction of sp³-hybridized carbons (Fsp3) is 0.143. The minimum absolute atomic E-state index is 0.0743. The summed E-state index contributed by atoms with van der Waals surface area (Å²) in [6, 6.07) is 11.0. The zero-order chi connectivity index (χ0) is 13.8. The molecule has 0 saturated heterocycles. The Balaban J connectivity index is 2.42. The highest BCUT2D eigenvalue weighted by Gasteiger charge is 2.06. The van der Waals surface area contributed by atoms with Gasteiger partial charge >= 0.3 is 0 Å². The van der Waals surface area contributed by atoms with Gasteiger partial charge in [-0.3, -0.25) is 0 Å². The van der Waals surface area contributed by atoms with E-state index in [1.54, 1.807) is 6.07 Å². The normalized spacial score (nSPS) is 10.4. The number of nitrogens with one attached hydrogen (secondary N) is 1. The fourth-order valence-corrected chi connectivity index (χ4v) is 1.95. The van der Waals surface area contributed by atoms with Crippen molar-refractivity contribution < 1.29 is 5.11 Å². The van der Waals surface area contributed by atoms with E-state index in [-0.39, 0.29) is 6.61 Å². The van der Waals surface area contributed by atoms with Crippen molar-refractivity contribution in [3.8, 4) is 11.1 Å². The zero-order valence-corrected chi connectivity index (χ0v) is 10.6. The van der Waals surface area contributed by atoms with Crippen LogP contribution < -0.4 is 22.5 Å². The molecule has 2 aromatic carbocycles. The van der Waals surface area contributed by atoms with Gasteiger partial charge in [0, 0.05) is 34.9 Å². The van der Waals surface area contributed by atoms with Crippen LogP contribution in [0.25, 0.3) is 11.1 Å². The van der Waals surface area contributed by atoms with Gasteiger partial charge in [-0.2, -0.15) is 0 Å².